The Morgan fingerprint density at radius 1 is 1.08 bits per heavy atom. The minimum Gasteiger partial charge on any atom is -0.465 e. The fourth-order valence-electron chi connectivity index (χ4n) is 2.68. The Labute approximate surface area is 146 Å². The molecule has 1 aromatic heterocycles. The average Bonchev–Trinajstić information content (AvgIpc) is 2.68. The van der Waals surface area contributed by atoms with Crippen molar-refractivity contribution < 1.29 is 9.53 Å². The van der Waals surface area contributed by atoms with Crippen molar-refractivity contribution in [3.63, 3.8) is 0 Å². The molecule has 0 unspecified atom stereocenters. The largest absolute Gasteiger partial charge is 0.465 e. The topological polar surface area (TPSA) is 55.3 Å². The second-order valence-corrected chi connectivity index (χ2v) is 5.66. The van der Waals surface area contributed by atoms with Gasteiger partial charge in [0.05, 0.1) is 12.7 Å². The van der Waals surface area contributed by atoms with Gasteiger partial charge in [0.25, 0.3) is 0 Å². The summed E-state index contributed by atoms with van der Waals surface area (Å²) in [6.07, 6.45) is 3.27. The first-order valence-corrected chi connectivity index (χ1v) is 7.93. The van der Waals surface area contributed by atoms with E-state index in [-0.39, 0.29) is 5.97 Å². The molecule has 0 N–H and O–H groups in total. The second kappa shape index (κ2) is 7.57. The quantitative estimate of drug-likeness (QED) is 0.668. The van der Waals surface area contributed by atoms with Gasteiger partial charge in [-0.1, -0.05) is 42.5 Å². The van der Waals surface area contributed by atoms with Crippen molar-refractivity contribution in [2.75, 3.05) is 19.1 Å². The number of aromatic nitrogens is 2. The smallest absolute Gasteiger partial charge is 0.338 e. The van der Waals surface area contributed by atoms with Crippen molar-refractivity contribution in [2.24, 2.45) is 0 Å². The van der Waals surface area contributed by atoms with Gasteiger partial charge < -0.3 is 9.64 Å². The summed E-state index contributed by atoms with van der Waals surface area (Å²) in [6.45, 7) is 0.732. The van der Waals surface area contributed by atoms with E-state index in [1.54, 1.807) is 18.6 Å². The molecule has 0 fully saturated rings. The molecule has 0 aliphatic carbocycles. The number of benzene rings is 2. The van der Waals surface area contributed by atoms with E-state index in [2.05, 4.69) is 27.0 Å². The SMILES string of the molecule is COC(=O)c1ccccc1-c1ccc(CN(C)c2ccncn2)cc1. The number of anilines is 1. The fraction of sp³-hybridized carbons (Fsp3) is 0.150. The lowest BCUT2D eigenvalue weighted by atomic mass is 9.98. The highest BCUT2D eigenvalue weighted by Crippen LogP contribution is 2.25. The fourth-order valence-corrected chi connectivity index (χ4v) is 2.68. The maximum absolute atomic E-state index is 11.9. The summed E-state index contributed by atoms with van der Waals surface area (Å²) in [5.41, 5.74) is 3.57. The van der Waals surface area contributed by atoms with Crippen LogP contribution in [-0.4, -0.2) is 30.1 Å². The third kappa shape index (κ3) is 3.83. The van der Waals surface area contributed by atoms with Crippen LogP contribution in [0.25, 0.3) is 11.1 Å². The number of hydrogen-bond acceptors (Lipinski definition) is 5. The number of methoxy groups -OCH3 is 1. The molecule has 2 aromatic carbocycles. The highest BCUT2D eigenvalue weighted by atomic mass is 16.5. The number of carbonyl (C=O) groups is 1. The number of rotatable bonds is 5. The summed E-state index contributed by atoms with van der Waals surface area (Å²) >= 11 is 0. The van der Waals surface area contributed by atoms with Gasteiger partial charge in [0.2, 0.25) is 0 Å². The van der Waals surface area contributed by atoms with Gasteiger partial charge in [-0.3, -0.25) is 0 Å². The number of hydrogen-bond donors (Lipinski definition) is 0. The summed E-state index contributed by atoms with van der Waals surface area (Å²) in [4.78, 5) is 22.2. The van der Waals surface area contributed by atoms with Crippen molar-refractivity contribution in [2.45, 2.75) is 6.54 Å². The van der Waals surface area contributed by atoms with Gasteiger partial charge in [-0.15, -0.1) is 0 Å². The van der Waals surface area contributed by atoms with Crippen LogP contribution in [0.2, 0.25) is 0 Å². The molecule has 5 nitrogen and oxygen atoms in total. The van der Waals surface area contributed by atoms with Crippen molar-refractivity contribution in [3.8, 4) is 11.1 Å². The van der Waals surface area contributed by atoms with E-state index in [4.69, 9.17) is 4.74 Å². The van der Waals surface area contributed by atoms with Crippen LogP contribution in [0.4, 0.5) is 5.82 Å². The third-order valence-electron chi connectivity index (χ3n) is 3.97. The van der Waals surface area contributed by atoms with Gasteiger partial charge in [0, 0.05) is 19.8 Å². The van der Waals surface area contributed by atoms with Gasteiger partial charge in [-0.25, -0.2) is 14.8 Å². The molecule has 0 atom stereocenters. The second-order valence-electron chi connectivity index (χ2n) is 5.66. The van der Waals surface area contributed by atoms with Crippen LogP contribution in [0.1, 0.15) is 15.9 Å². The Bertz CT molecular complexity index is 848. The van der Waals surface area contributed by atoms with E-state index in [0.29, 0.717) is 5.56 Å². The van der Waals surface area contributed by atoms with Gasteiger partial charge in [-0.05, 0) is 28.8 Å². The van der Waals surface area contributed by atoms with Crippen LogP contribution in [-0.2, 0) is 11.3 Å². The molecular weight excluding hydrogens is 314 g/mol. The summed E-state index contributed by atoms with van der Waals surface area (Å²) in [7, 11) is 3.38. The molecule has 0 spiro atoms. The Hall–Kier alpha value is -3.21. The average molecular weight is 333 g/mol. The van der Waals surface area contributed by atoms with E-state index < -0.39 is 0 Å². The van der Waals surface area contributed by atoms with Crippen molar-refractivity contribution in [1.29, 1.82) is 0 Å². The van der Waals surface area contributed by atoms with Crippen LogP contribution < -0.4 is 4.90 Å². The molecule has 0 saturated heterocycles. The lowest BCUT2D eigenvalue weighted by molar-refractivity contribution is 0.0601. The first-order valence-electron chi connectivity index (χ1n) is 7.93. The maximum Gasteiger partial charge on any atom is 0.338 e. The summed E-state index contributed by atoms with van der Waals surface area (Å²) in [6, 6.07) is 17.5. The number of nitrogens with zero attached hydrogens (tertiary/aromatic N) is 3. The molecule has 25 heavy (non-hydrogen) atoms. The highest BCUT2D eigenvalue weighted by molar-refractivity contribution is 5.97. The molecule has 3 aromatic rings. The van der Waals surface area contributed by atoms with Gasteiger partial charge >= 0.3 is 5.97 Å². The molecule has 1 heterocycles. The van der Waals surface area contributed by atoms with Crippen LogP contribution in [0.15, 0.2) is 67.1 Å². The number of esters is 1. The van der Waals surface area contributed by atoms with Crippen LogP contribution in [0.3, 0.4) is 0 Å². The zero-order valence-corrected chi connectivity index (χ0v) is 14.2. The minimum atomic E-state index is -0.330. The van der Waals surface area contributed by atoms with Crippen LogP contribution >= 0.6 is 0 Å². The molecule has 0 amide bonds. The number of ether oxygens (including phenoxy) is 1. The number of carbonyl (C=O) groups excluding carboxylic acids is 1. The van der Waals surface area contributed by atoms with Crippen molar-refractivity contribution in [1.82, 2.24) is 9.97 Å². The predicted octanol–water partition coefficient (Wildman–Crippen LogP) is 3.57. The van der Waals surface area contributed by atoms with E-state index in [0.717, 1.165) is 29.1 Å². The van der Waals surface area contributed by atoms with Gasteiger partial charge in [0.15, 0.2) is 0 Å². The van der Waals surface area contributed by atoms with E-state index in [1.807, 2.05) is 43.4 Å². The van der Waals surface area contributed by atoms with Gasteiger partial charge in [-0.2, -0.15) is 0 Å². The molecular formula is C20H19N3O2. The molecule has 0 aliphatic rings. The van der Waals surface area contributed by atoms with Crippen LogP contribution in [0.5, 0.6) is 0 Å². The molecule has 126 valence electrons. The van der Waals surface area contributed by atoms with Crippen LogP contribution in [0, 0.1) is 0 Å². The molecule has 5 heteroatoms. The predicted molar refractivity (Wildman–Crippen MR) is 97.4 cm³/mol. The first-order chi connectivity index (χ1) is 12.2. The monoisotopic (exact) mass is 333 g/mol. The maximum atomic E-state index is 11.9. The first kappa shape index (κ1) is 16.6. The standard InChI is InChI=1S/C20H19N3O2/c1-23(19-11-12-21-14-22-19)13-15-7-9-16(10-8-15)17-5-3-4-6-18(17)20(24)25-2/h3-12,14H,13H2,1-2H3. The van der Waals surface area contributed by atoms with E-state index in [9.17, 15) is 4.79 Å². The molecule has 0 aliphatic heterocycles. The Morgan fingerprint density at radius 3 is 2.52 bits per heavy atom. The lowest BCUT2D eigenvalue weighted by Crippen LogP contribution is -2.17. The molecule has 0 saturated carbocycles. The molecule has 3 rings (SSSR count). The summed E-state index contributed by atoms with van der Waals surface area (Å²) in [5, 5.41) is 0. The van der Waals surface area contributed by atoms with Crippen molar-refractivity contribution >= 4 is 11.8 Å². The highest BCUT2D eigenvalue weighted by Gasteiger charge is 2.12. The Balaban J connectivity index is 1.80. The Kier molecular flexibility index (Phi) is 5.04. The minimum absolute atomic E-state index is 0.330. The molecule has 0 radical (unpaired) electrons. The third-order valence-corrected chi connectivity index (χ3v) is 3.97. The van der Waals surface area contributed by atoms with E-state index in [1.165, 1.54) is 7.11 Å². The van der Waals surface area contributed by atoms with E-state index >= 15 is 0 Å². The molecule has 0 bridgehead atoms. The zero-order valence-electron chi connectivity index (χ0n) is 14.2. The summed E-state index contributed by atoms with van der Waals surface area (Å²) < 4.78 is 4.87. The zero-order chi connectivity index (χ0) is 17.6. The normalized spacial score (nSPS) is 10.3. The van der Waals surface area contributed by atoms with Crippen molar-refractivity contribution in [3.05, 3.63) is 78.2 Å². The van der Waals surface area contributed by atoms with Gasteiger partial charge in [0.1, 0.15) is 12.1 Å². The lowest BCUT2D eigenvalue weighted by Gasteiger charge is -2.18. The summed E-state index contributed by atoms with van der Waals surface area (Å²) in [5.74, 6) is 0.540. The Morgan fingerprint density at radius 2 is 1.84 bits per heavy atom.